The van der Waals surface area contributed by atoms with Gasteiger partial charge in [0.15, 0.2) is 0 Å². The summed E-state index contributed by atoms with van der Waals surface area (Å²) in [7, 11) is 1.86. The maximum atomic E-state index is 6.15. The number of aliphatic imine (C=N–C) groups is 1. The van der Waals surface area contributed by atoms with Crippen molar-refractivity contribution in [3.8, 4) is 0 Å². The number of halogens is 2. The first-order chi connectivity index (χ1) is 10.2. The van der Waals surface area contributed by atoms with Crippen molar-refractivity contribution in [1.82, 2.24) is 5.32 Å². The summed E-state index contributed by atoms with van der Waals surface area (Å²) >= 11 is 13.9. The fraction of sp³-hybridized carbons (Fsp3) is 0.200. The van der Waals surface area contributed by atoms with Crippen LogP contribution in [0.2, 0.25) is 10.0 Å². The normalized spacial score (nSPS) is 14.0. The number of hydrogen-bond donors (Lipinski definition) is 2. The minimum Gasteiger partial charge on any atom is -0.381 e. The van der Waals surface area contributed by atoms with E-state index in [1.165, 1.54) is 0 Å². The van der Waals surface area contributed by atoms with Gasteiger partial charge in [0.25, 0.3) is 0 Å². The van der Waals surface area contributed by atoms with E-state index >= 15 is 0 Å². The van der Waals surface area contributed by atoms with Gasteiger partial charge in [-0.25, -0.2) is 4.99 Å². The predicted molar refractivity (Wildman–Crippen MR) is 94.6 cm³/mol. The van der Waals surface area contributed by atoms with Gasteiger partial charge in [0.2, 0.25) is 0 Å². The van der Waals surface area contributed by atoms with Gasteiger partial charge in [-0.2, -0.15) is 0 Å². The van der Waals surface area contributed by atoms with E-state index in [4.69, 9.17) is 23.2 Å². The number of para-hydroxylation sites is 1. The van der Waals surface area contributed by atoms with E-state index in [1.807, 2.05) is 31.6 Å². The molecule has 21 heavy (non-hydrogen) atoms. The van der Waals surface area contributed by atoms with Gasteiger partial charge >= 0.3 is 0 Å². The summed E-state index contributed by atoms with van der Waals surface area (Å²) in [5.74, 6) is 0. The highest BCUT2D eigenvalue weighted by atomic mass is 35.5. The molecule has 0 radical (unpaired) electrons. The summed E-state index contributed by atoms with van der Waals surface area (Å²) in [6, 6.07) is 5.42. The molecule has 0 amide bonds. The third kappa shape index (κ3) is 4.08. The second-order valence-corrected chi connectivity index (χ2v) is 5.83. The molecule has 3 nitrogen and oxygen atoms in total. The Morgan fingerprint density at radius 2 is 2.00 bits per heavy atom. The molecule has 0 aliphatic carbocycles. The van der Waals surface area contributed by atoms with Gasteiger partial charge in [-0.1, -0.05) is 35.0 Å². The molecule has 1 aliphatic heterocycles. The SMILES string of the molecule is CNC1=C=CC(SC)=NC=C1CNc1c(Cl)cccc1Cl. The van der Waals surface area contributed by atoms with Crippen molar-refractivity contribution in [3.63, 3.8) is 0 Å². The van der Waals surface area contributed by atoms with E-state index < -0.39 is 0 Å². The molecule has 0 unspecified atom stereocenters. The average Bonchev–Trinajstić information content (AvgIpc) is 2.68. The van der Waals surface area contributed by atoms with Crippen LogP contribution in [0.25, 0.3) is 0 Å². The fourth-order valence-corrected chi connectivity index (χ4v) is 2.66. The number of anilines is 1. The van der Waals surface area contributed by atoms with Crippen LogP contribution < -0.4 is 10.6 Å². The first-order valence-corrected chi connectivity index (χ1v) is 8.27. The maximum absolute atomic E-state index is 6.15. The molecule has 1 heterocycles. The Morgan fingerprint density at radius 1 is 1.29 bits per heavy atom. The van der Waals surface area contributed by atoms with E-state index in [-0.39, 0.29) is 0 Å². The van der Waals surface area contributed by atoms with E-state index in [9.17, 15) is 0 Å². The summed E-state index contributed by atoms with van der Waals surface area (Å²) in [4.78, 5) is 4.41. The van der Waals surface area contributed by atoms with Gasteiger partial charge in [-0.3, -0.25) is 0 Å². The van der Waals surface area contributed by atoms with Crippen molar-refractivity contribution in [1.29, 1.82) is 0 Å². The third-order valence-electron chi connectivity index (χ3n) is 2.89. The number of likely N-dealkylation sites (N-methyl/N-ethyl adjacent to an activating group) is 1. The van der Waals surface area contributed by atoms with E-state index in [2.05, 4.69) is 21.4 Å². The molecular weight excluding hydrogens is 325 g/mol. The Hall–Kier alpha value is -1.32. The summed E-state index contributed by atoms with van der Waals surface area (Å²) in [5, 5.41) is 8.47. The van der Waals surface area contributed by atoms with Crippen LogP contribution in [0.15, 0.2) is 52.5 Å². The highest BCUT2D eigenvalue weighted by molar-refractivity contribution is 8.13. The molecule has 0 spiro atoms. The second kappa shape index (κ2) is 7.62. The molecule has 2 N–H and O–H groups in total. The Labute approximate surface area is 138 Å². The first kappa shape index (κ1) is 16.1. The fourth-order valence-electron chi connectivity index (χ4n) is 1.80. The minimum absolute atomic E-state index is 0.547. The summed E-state index contributed by atoms with van der Waals surface area (Å²) in [6.45, 7) is 0.547. The van der Waals surface area contributed by atoms with Crippen molar-refractivity contribution in [2.45, 2.75) is 0 Å². The Kier molecular flexibility index (Phi) is 5.83. The summed E-state index contributed by atoms with van der Waals surface area (Å²) < 4.78 is 0. The van der Waals surface area contributed by atoms with Gasteiger partial charge in [-0.15, -0.1) is 11.8 Å². The zero-order valence-corrected chi connectivity index (χ0v) is 14.0. The molecule has 1 aromatic carbocycles. The Morgan fingerprint density at radius 3 is 2.62 bits per heavy atom. The zero-order chi connectivity index (χ0) is 15.2. The van der Waals surface area contributed by atoms with Crippen molar-refractivity contribution in [2.24, 2.45) is 4.99 Å². The van der Waals surface area contributed by atoms with Gasteiger partial charge in [-0.05, 0) is 18.4 Å². The number of nitrogens with zero attached hydrogens (tertiary/aromatic N) is 1. The van der Waals surface area contributed by atoms with Crippen LogP contribution in [0.5, 0.6) is 0 Å². The first-order valence-electron chi connectivity index (χ1n) is 6.29. The highest BCUT2D eigenvalue weighted by Crippen LogP contribution is 2.30. The maximum Gasteiger partial charge on any atom is 0.103 e. The molecule has 0 bridgehead atoms. The van der Waals surface area contributed by atoms with Crippen LogP contribution >= 0.6 is 35.0 Å². The summed E-state index contributed by atoms with van der Waals surface area (Å²) in [6.07, 6.45) is 5.67. The third-order valence-corrected chi connectivity index (χ3v) is 4.16. The highest BCUT2D eigenvalue weighted by Gasteiger charge is 2.09. The lowest BCUT2D eigenvalue weighted by molar-refractivity contribution is 0.983. The van der Waals surface area contributed by atoms with Gasteiger partial charge < -0.3 is 10.6 Å². The van der Waals surface area contributed by atoms with Gasteiger partial charge in [0, 0.05) is 31.4 Å². The van der Waals surface area contributed by atoms with E-state index in [0.29, 0.717) is 16.6 Å². The lowest BCUT2D eigenvalue weighted by Crippen LogP contribution is -2.14. The van der Waals surface area contributed by atoms with Crippen LogP contribution in [-0.2, 0) is 0 Å². The average molecular weight is 340 g/mol. The number of thioether (sulfide) groups is 1. The van der Waals surface area contributed by atoms with E-state index in [0.717, 1.165) is 22.0 Å². The topological polar surface area (TPSA) is 36.4 Å². The minimum atomic E-state index is 0.547. The van der Waals surface area contributed by atoms with E-state index in [1.54, 1.807) is 23.9 Å². The molecular formula is C15H15Cl2N3S. The van der Waals surface area contributed by atoms with Gasteiger partial charge in [0.05, 0.1) is 21.4 Å². The molecule has 0 aromatic heterocycles. The molecule has 6 heteroatoms. The van der Waals surface area contributed by atoms with Crippen LogP contribution in [0.1, 0.15) is 0 Å². The molecule has 1 aliphatic rings. The number of nitrogens with one attached hydrogen (secondary N) is 2. The Bertz CT molecular complexity index is 639. The predicted octanol–water partition coefficient (Wildman–Crippen LogP) is 4.32. The molecule has 0 atom stereocenters. The zero-order valence-electron chi connectivity index (χ0n) is 11.7. The molecule has 0 fully saturated rings. The van der Waals surface area contributed by atoms with Gasteiger partial charge in [0.1, 0.15) is 5.04 Å². The monoisotopic (exact) mass is 339 g/mol. The Balaban J connectivity index is 2.21. The molecule has 1 aromatic rings. The second-order valence-electron chi connectivity index (χ2n) is 4.19. The van der Waals surface area contributed by atoms with Crippen molar-refractivity contribution in [3.05, 3.63) is 57.5 Å². The van der Waals surface area contributed by atoms with Crippen LogP contribution in [0, 0.1) is 0 Å². The quantitative estimate of drug-likeness (QED) is 0.802. The van der Waals surface area contributed by atoms with Crippen molar-refractivity contribution >= 4 is 45.7 Å². The smallest absolute Gasteiger partial charge is 0.103 e. The standard InChI is InChI=1S/C15H15Cl2N3S/c1-18-13-6-7-14(21-2)19-8-10(13)9-20-15-11(16)4-3-5-12(15)17/h3-5,7-8,18,20H,9H2,1-2H3. The number of benzene rings is 1. The van der Waals surface area contributed by atoms with Crippen LogP contribution in [0.3, 0.4) is 0 Å². The summed E-state index contributed by atoms with van der Waals surface area (Å²) in [5.41, 5.74) is 5.79. The molecule has 2 rings (SSSR count). The molecule has 0 saturated heterocycles. The lowest BCUT2D eigenvalue weighted by atomic mass is 10.2. The van der Waals surface area contributed by atoms with Crippen molar-refractivity contribution in [2.75, 3.05) is 25.2 Å². The van der Waals surface area contributed by atoms with Crippen LogP contribution in [-0.4, -0.2) is 24.9 Å². The van der Waals surface area contributed by atoms with Crippen LogP contribution in [0.4, 0.5) is 5.69 Å². The number of hydrogen-bond acceptors (Lipinski definition) is 4. The molecule has 110 valence electrons. The molecule has 0 saturated carbocycles. The largest absolute Gasteiger partial charge is 0.381 e. The van der Waals surface area contributed by atoms with Crippen molar-refractivity contribution < 1.29 is 0 Å². The number of rotatable bonds is 4. The lowest BCUT2D eigenvalue weighted by Gasteiger charge is -2.13.